The van der Waals surface area contributed by atoms with E-state index in [4.69, 9.17) is 10.5 Å². The number of aromatic nitrogens is 3. The lowest BCUT2D eigenvalue weighted by Crippen LogP contribution is -2.39. The fraction of sp³-hybridized carbons (Fsp3) is 0.500. The van der Waals surface area contributed by atoms with E-state index in [2.05, 4.69) is 9.97 Å². The Balaban J connectivity index is 2.01. The van der Waals surface area contributed by atoms with Crippen LogP contribution in [-0.2, 0) is 4.74 Å². The van der Waals surface area contributed by atoms with Crippen molar-refractivity contribution in [2.75, 3.05) is 12.3 Å². The molecule has 2 aromatic heterocycles. The normalized spacial score (nSPS) is 31.1. The lowest BCUT2D eigenvalue weighted by atomic mass is 10.0. The monoisotopic (exact) mass is 264 g/mol. The Morgan fingerprint density at radius 3 is 3.05 bits per heavy atom. The summed E-state index contributed by atoms with van der Waals surface area (Å²) in [6.07, 6.45) is 2.49. The van der Waals surface area contributed by atoms with Crippen LogP contribution in [0, 0.1) is 0 Å². The van der Waals surface area contributed by atoms with Crippen molar-refractivity contribution in [1.82, 2.24) is 14.5 Å². The minimum absolute atomic E-state index is 0.235. The van der Waals surface area contributed by atoms with Gasteiger partial charge in [-0.05, 0) is 13.0 Å². The maximum absolute atomic E-state index is 9.99. The molecule has 0 spiro atoms. The SMILES string of the molecule is C[C@]1(CO)O[C@@H](n2ccc3c(N)ncnc32)CC1O. The van der Waals surface area contributed by atoms with Gasteiger partial charge in [-0.25, -0.2) is 9.97 Å². The molecule has 0 bridgehead atoms. The number of fused-ring (bicyclic) bond motifs is 1. The summed E-state index contributed by atoms with van der Waals surface area (Å²) in [6, 6.07) is 1.81. The van der Waals surface area contributed by atoms with Crippen LogP contribution in [0.4, 0.5) is 5.82 Å². The van der Waals surface area contributed by atoms with E-state index in [9.17, 15) is 10.2 Å². The molecule has 0 saturated carbocycles. The number of hydrogen-bond donors (Lipinski definition) is 3. The molecule has 1 saturated heterocycles. The summed E-state index contributed by atoms with van der Waals surface area (Å²) in [7, 11) is 0. The van der Waals surface area contributed by atoms with Crippen molar-refractivity contribution >= 4 is 16.9 Å². The van der Waals surface area contributed by atoms with Crippen molar-refractivity contribution in [3.8, 4) is 0 Å². The predicted octanol–water partition coefficient (Wildman–Crippen LogP) is 0.0443. The number of nitrogens with zero attached hydrogens (tertiary/aromatic N) is 3. The second kappa shape index (κ2) is 4.16. The number of rotatable bonds is 2. The molecule has 4 N–H and O–H groups in total. The van der Waals surface area contributed by atoms with Gasteiger partial charge in [0.15, 0.2) is 0 Å². The topological polar surface area (TPSA) is 106 Å². The number of ether oxygens (including phenoxy) is 1. The van der Waals surface area contributed by atoms with E-state index in [1.54, 1.807) is 17.7 Å². The Morgan fingerprint density at radius 1 is 1.58 bits per heavy atom. The minimum atomic E-state index is -0.945. The van der Waals surface area contributed by atoms with Gasteiger partial charge in [0.1, 0.15) is 29.6 Å². The highest BCUT2D eigenvalue weighted by Crippen LogP contribution is 2.37. The van der Waals surface area contributed by atoms with Crippen molar-refractivity contribution in [1.29, 1.82) is 0 Å². The van der Waals surface area contributed by atoms with Gasteiger partial charge in [0, 0.05) is 12.6 Å². The number of nitrogen functional groups attached to an aromatic ring is 1. The molecule has 3 heterocycles. The molecule has 1 aliphatic rings. The Bertz CT molecular complexity index is 614. The third kappa shape index (κ3) is 1.78. The van der Waals surface area contributed by atoms with Crippen molar-refractivity contribution in [3.05, 3.63) is 18.6 Å². The lowest BCUT2D eigenvalue weighted by Gasteiger charge is -2.25. The van der Waals surface area contributed by atoms with E-state index in [1.807, 2.05) is 6.07 Å². The highest BCUT2D eigenvalue weighted by molar-refractivity contribution is 5.86. The summed E-state index contributed by atoms with van der Waals surface area (Å²) in [5.41, 5.74) is 5.49. The molecule has 19 heavy (non-hydrogen) atoms. The number of anilines is 1. The first-order valence-corrected chi connectivity index (χ1v) is 6.09. The number of nitrogens with two attached hydrogens (primary N) is 1. The van der Waals surface area contributed by atoms with Crippen molar-refractivity contribution in [3.63, 3.8) is 0 Å². The summed E-state index contributed by atoms with van der Waals surface area (Å²) in [4.78, 5) is 8.12. The fourth-order valence-electron chi connectivity index (χ4n) is 2.41. The second-order valence-electron chi connectivity index (χ2n) is 5.01. The molecule has 1 aliphatic heterocycles. The van der Waals surface area contributed by atoms with Gasteiger partial charge in [0.2, 0.25) is 0 Å². The number of aliphatic hydroxyl groups is 2. The molecule has 102 valence electrons. The molecule has 0 radical (unpaired) electrons. The van der Waals surface area contributed by atoms with Gasteiger partial charge in [-0.15, -0.1) is 0 Å². The molecular weight excluding hydrogens is 248 g/mol. The molecule has 3 atom stereocenters. The van der Waals surface area contributed by atoms with Gasteiger partial charge in [0.25, 0.3) is 0 Å². The fourth-order valence-corrected chi connectivity index (χ4v) is 2.41. The van der Waals surface area contributed by atoms with E-state index >= 15 is 0 Å². The zero-order valence-corrected chi connectivity index (χ0v) is 10.5. The molecule has 2 aromatic rings. The van der Waals surface area contributed by atoms with Gasteiger partial charge in [-0.2, -0.15) is 0 Å². The third-order valence-corrected chi connectivity index (χ3v) is 3.70. The van der Waals surface area contributed by atoms with E-state index in [0.717, 1.165) is 5.39 Å². The predicted molar refractivity (Wildman–Crippen MR) is 68.2 cm³/mol. The molecule has 1 fully saturated rings. The molecule has 0 aromatic carbocycles. The summed E-state index contributed by atoms with van der Waals surface area (Å²) in [5.74, 6) is 0.409. The van der Waals surface area contributed by atoms with Crippen molar-refractivity contribution in [2.45, 2.75) is 31.3 Å². The van der Waals surface area contributed by atoms with Gasteiger partial charge in [-0.1, -0.05) is 0 Å². The standard InChI is InChI=1S/C12H16N4O3/c1-12(5-17)8(18)4-9(19-12)16-3-2-7-10(13)14-6-15-11(7)16/h2-3,6,8-9,17-18H,4-5H2,1H3,(H2,13,14,15)/t8?,9-,12-/m1/s1. The van der Waals surface area contributed by atoms with Crippen LogP contribution in [0.2, 0.25) is 0 Å². The van der Waals surface area contributed by atoms with Crippen LogP contribution in [0.25, 0.3) is 11.0 Å². The molecule has 7 heteroatoms. The summed E-state index contributed by atoms with van der Waals surface area (Å²) in [5, 5.41) is 20.1. The molecule has 3 rings (SSSR count). The number of aliphatic hydroxyl groups excluding tert-OH is 2. The molecule has 1 unspecified atom stereocenters. The first-order chi connectivity index (χ1) is 9.05. The Morgan fingerprint density at radius 2 is 2.37 bits per heavy atom. The van der Waals surface area contributed by atoms with Gasteiger partial charge < -0.3 is 25.3 Å². The van der Waals surface area contributed by atoms with Crippen molar-refractivity contribution < 1.29 is 14.9 Å². The van der Waals surface area contributed by atoms with Crippen LogP contribution in [0.5, 0.6) is 0 Å². The summed E-state index contributed by atoms with van der Waals surface area (Å²) in [6.45, 7) is 1.45. The highest BCUT2D eigenvalue weighted by Gasteiger charge is 2.44. The van der Waals surface area contributed by atoms with E-state index in [0.29, 0.717) is 17.9 Å². The van der Waals surface area contributed by atoms with Crippen LogP contribution in [-0.4, -0.2) is 43.1 Å². The lowest BCUT2D eigenvalue weighted by molar-refractivity contribution is -0.114. The Labute approximate surface area is 109 Å². The second-order valence-corrected chi connectivity index (χ2v) is 5.01. The highest BCUT2D eigenvalue weighted by atomic mass is 16.6. The maximum Gasteiger partial charge on any atom is 0.147 e. The number of hydrogen-bond acceptors (Lipinski definition) is 6. The smallest absolute Gasteiger partial charge is 0.147 e. The Kier molecular flexibility index (Phi) is 2.70. The molecule has 0 aliphatic carbocycles. The minimum Gasteiger partial charge on any atom is -0.393 e. The molecule has 0 amide bonds. The maximum atomic E-state index is 9.99. The van der Waals surface area contributed by atoms with Gasteiger partial charge in [0.05, 0.1) is 18.1 Å². The Hall–Kier alpha value is -1.70. The van der Waals surface area contributed by atoms with Crippen molar-refractivity contribution in [2.24, 2.45) is 0 Å². The zero-order chi connectivity index (χ0) is 13.6. The summed E-state index contributed by atoms with van der Waals surface area (Å²) < 4.78 is 7.57. The largest absolute Gasteiger partial charge is 0.393 e. The van der Waals surface area contributed by atoms with Gasteiger partial charge >= 0.3 is 0 Å². The summed E-state index contributed by atoms with van der Waals surface area (Å²) >= 11 is 0. The van der Waals surface area contributed by atoms with E-state index in [-0.39, 0.29) is 12.8 Å². The van der Waals surface area contributed by atoms with Crippen LogP contribution < -0.4 is 5.73 Å². The molecular formula is C12H16N4O3. The van der Waals surface area contributed by atoms with E-state index < -0.39 is 11.7 Å². The van der Waals surface area contributed by atoms with E-state index in [1.165, 1.54) is 6.33 Å². The third-order valence-electron chi connectivity index (χ3n) is 3.70. The van der Waals surface area contributed by atoms with Crippen LogP contribution in [0.1, 0.15) is 19.6 Å². The van der Waals surface area contributed by atoms with Gasteiger partial charge in [-0.3, -0.25) is 0 Å². The van der Waals surface area contributed by atoms with Crippen LogP contribution in [0.3, 0.4) is 0 Å². The van der Waals surface area contributed by atoms with Crippen LogP contribution in [0.15, 0.2) is 18.6 Å². The average Bonchev–Trinajstić information content (AvgIpc) is 2.94. The quantitative estimate of drug-likeness (QED) is 0.707. The molecule has 7 nitrogen and oxygen atoms in total. The zero-order valence-electron chi connectivity index (χ0n) is 10.5. The van der Waals surface area contributed by atoms with Crippen LogP contribution >= 0.6 is 0 Å². The first-order valence-electron chi connectivity index (χ1n) is 6.09. The average molecular weight is 264 g/mol. The first kappa shape index (κ1) is 12.3.